The van der Waals surface area contributed by atoms with Crippen molar-refractivity contribution in [2.75, 3.05) is 39.8 Å². The maximum atomic E-state index is 13.3. The number of nitrogens with one attached hydrogen (secondary N) is 1. The third-order valence-electron chi connectivity index (χ3n) is 5.45. The van der Waals surface area contributed by atoms with Crippen LogP contribution in [0.1, 0.15) is 37.8 Å². The molecule has 2 heterocycles. The smallest absolute Gasteiger partial charge is 0.228 e. The molecule has 0 bridgehead atoms. The van der Waals surface area contributed by atoms with Crippen LogP contribution in [0.3, 0.4) is 0 Å². The number of ether oxygens (including phenoxy) is 1. The molecule has 2 aliphatic heterocycles. The lowest BCUT2D eigenvalue weighted by atomic mass is 9.93. The molecule has 7 heteroatoms. The van der Waals surface area contributed by atoms with E-state index in [9.17, 15) is 9.59 Å². The minimum absolute atomic E-state index is 0. The van der Waals surface area contributed by atoms with Crippen LogP contribution >= 0.6 is 12.4 Å². The molecule has 2 fully saturated rings. The SMILES string of the molecule is CCC(=O)N1CCCC(C(=O)N2CCNCC2c2ccccc2OC)C1.Cl. The van der Waals surface area contributed by atoms with E-state index in [1.54, 1.807) is 7.11 Å². The number of nitrogens with zero attached hydrogens (tertiary/aromatic N) is 2. The molecule has 2 amide bonds. The van der Waals surface area contributed by atoms with E-state index in [0.717, 1.165) is 43.8 Å². The highest BCUT2D eigenvalue weighted by atomic mass is 35.5. The highest BCUT2D eigenvalue weighted by molar-refractivity contribution is 5.85. The average Bonchev–Trinajstić information content (AvgIpc) is 2.72. The maximum Gasteiger partial charge on any atom is 0.228 e. The van der Waals surface area contributed by atoms with E-state index in [1.807, 2.05) is 41.0 Å². The number of likely N-dealkylation sites (tertiary alicyclic amines) is 1. The van der Waals surface area contributed by atoms with Crippen molar-refractivity contribution in [1.29, 1.82) is 0 Å². The van der Waals surface area contributed by atoms with Gasteiger partial charge in [0.05, 0.1) is 19.1 Å². The van der Waals surface area contributed by atoms with E-state index in [-0.39, 0.29) is 36.2 Å². The summed E-state index contributed by atoms with van der Waals surface area (Å²) in [6.07, 6.45) is 2.25. The molecule has 0 aromatic heterocycles. The van der Waals surface area contributed by atoms with Gasteiger partial charge in [-0.2, -0.15) is 0 Å². The molecule has 0 radical (unpaired) electrons. The number of piperidine rings is 1. The Morgan fingerprint density at radius 3 is 2.78 bits per heavy atom. The second-order valence-electron chi connectivity index (χ2n) is 7.03. The van der Waals surface area contributed by atoms with Gasteiger partial charge in [-0.1, -0.05) is 25.1 Å². The number of halogens is 1. The number of para-hydroxylation sites is 1. The van der Waals surface area contributed by atoms with Crippen molar-refractivity contribution < 1.29 is 14.3 Å². The van der Waals surface area contributed by atoms with Gasteiger partial charge in [0.2, 0.25) is 11.8 Å². The van der Waals surface area contributed by atoms with Gasteiger partial charge in [-0.15, -0.1) is 12.4 Å². The normalized spacial score (nSPS) is 22.7. The van der Waals surface area contributed by atoms with Crippen molar-refractivity contribution in [3.8, 4) is 5.75 Å². The molecule has 6 nitrogen and oxygen atoms in total. The maximum absolute atomic E-state index is 13.3. The molecule has 27 heavy (non-hydrogen) atoms. The molecule has 0 aliphatic carbocycles. The number of amides is 2. The fourth-order valence-electron chi connectivity index (χ4n) is 4.05. The van der Waals surface area contributed by atoms with Crippen LogP contribution in [0.5, 0.6) is 5.75 Å². The first-order valence-corrected chi connectivity index (χ1v) is 9.57. The zero-order valence-electron chi connectivity index (χ0n) is 16.1. The van der Waals surface area contributed by atoms with Gasteiger partial charge >= 0.3 is 0 Å². The largest absolute Gasteiger partial charge is 0.496 e. The average molecular weight is 396 g/mol. The van der Waals surface area contributed by atoms with Crippen LogP contribution in [0.4, 0.5) is 0 Å². The molecule has 0 saturated carbocycles. The molecule has 2 atom stereocenters. The highest BCUT2D eigenvalue weighted by Gasteiger charge is 2.36. The van der Waals surface area contributed by atoms with Gasteiger partial charge in [-0.05, 0) is 18.9 Å². The Bertz CT molecular complexity index is 655. The lowest BCUT2D eigenvalue weighted by Crippen LogP contribution is -2.53. The van der Waals surface area contributed by atoms with E-state index in [2.05, 4.69) is 5.32 Å². The predicted molar refractivity (Wildman–Crippen MR) is 107 cm³/mol. The predicted octanol–water partition coefficient (Wildman–Crippen LogP) is 2.24. The monoisotopic (exact) mass is 395 g/mol. The van der Waals surface area contributed by atoms with Crippen LogP contribution in [0, 0.1) is 5.92 Å². The molecule has 1 aromatic carbocycles. The second-order valence-corrected chi connectivity index (χ2v) is 7.03. The number of piperazine rings is 1. The first-order chi connectivity index (χ1) is 12.7. The van der Waals surface area contributed by atoms with Crippen molar-refractivity contribution in [2.24, 2.45) is 5.92 Å². The zero-order chi connectivity index (χ0) is 18.5. The van der Waals surface area contributed by atoms with E-state index in [1.165, 1.54) is 0 Å². The van der Waals surface area contributed by atoms with Gasteiger partial charge in [0.25, 0.3) is 0 Å². The second kappa shape index (κ2) is 9.95. The van der Waals surface area contributed by atoms with Gasteiger partial charge in [-0.25, -0.2) is 0 Å². The lowest BCUT2D eigenvalue weighted by Gasteiger charge is -2.41. The van der Waals surface area contributed by atoms with Crippen LogP contribution in [0.25, 0.3) is 0 Å². The summed E-state index contributed by atoms with van der Waals surface area (Å²) in [5.41, 5.74) is 1.04. The molecular weight excluding hydrogens is 366 g/mol. The number of carbonyl (C=O) groups is 2. The summed E-state index contributed by atoms with van der Waals surface area (Å²) in [5, 5.41) is 3.39. The van der Waals surface area contributed by atoms with Gasteiger partial charge in [-0.3, -0.25) is 9.59 Å². The van der Waals surface area contributed by atoms with Gasteiger partial charge in [0, 0.05) is 44.7 Å². The summed E-state index contributed by atoms with van der Waals surface area (Å²) < 4.78 is 5.52. The molecule has 1 aromatic rings. The number of carbonyl (C=O) groups excluding carboxylic acids is 2. The summed E-state index contributed by atoms with van der Waals surface area (Å²) in [6, 6.07) is 7.86. The van der Waals surface area contributed by atoms with Crippen molar-refractivity contribution in [1.82, 2.24) is 15.1 Å². The molecule has 0 spiro atoms. The quantitative estimate of drug-likeness (QED) is 0.849. The molecule has 2 unspecified atom stereocenters. The summed E-state index contributed by atoms with van der Waals surface area (Å²) in [5.74, 6) is 1.01. The van der Waals surface area contributed by atoms with Crippen LogP contribution in [-0.4, -0.2) is 61.4 Å². The number of benzene rings is 1. The molecule has 2 aliphatic rings. The van der Waals surface area contributed by atoms with E-state index in [0.29, 0.717) is 19.5 Å². The highest BCUT2D eigenvalue weighted by Crippen LogP contribution is 2.32. The Kier molecular flexibility index (Phi) is 7.92. The molecule has 1 N–H and O–H groups in total. The van der Waals surface area contributed by atoms with Crippen LogP contribution < -0.4 is 10.1 Å². The summed E-state index contributed by atoms with van der Waals surface area (Å²) in [6.45, 7) is 5.39. The van der Waals surface area contributed by atoms with E-state index >= 15 is 0 Å². The summed E-state index contributed by atoms with van der Waals surface area (Å²) in [4.78, 5) is 29.2. The third kappa shape index (κ3) is 4.74. The van der Waals surface area contributed by atoms with Crippen molar-refractivity contribution in [3.05, 3.63) is 29.8 Å². The first-order valence-electron chi connectivity index (χ1n) is 9.57. The van der Waals surface area contributed by atoms with Crippen LogP contribution in [0.15, 0.2) is 24.3 Å². The topological polar surface area (TPSA) is 61.9 Å². The molecule has 2 saturated heterocycles. The Hall–Kier alpha value is -1.79. The number of hydrogen-bond acceptors (Lipinski definition) is 4. The Labute approximate surface area is 167 Å². The van der Waals surface area contributed by atoms with E-state index < -0.39 is 0 Å². The fourth-order valence-corrected chi connectivity index (χ4v) is 4.05. The molecule has 3 rings (SSSR count). The van der Waals surface area contributed by atoms with Crippen molar-refractivity contribution in [3.63, 3.8) is 0 Å². The van der Waals surface area contributed by atoms with Crippen molar-refractivity contribution >= 4 is 24.2 Å². The van der Waals surface area contributed by atoms with Gasteiger partial charge in [0.15, 0.2) is 0 Å². The minimum Gasteiger partial charge on any atom is -0.496 e. The number of rotatable bonds is 4. The standard InChI is InChI=1S/C20H29N3O3.ClH/c1-3-19(24)22-11-6-7-15(14-22)20(25)23-12-10-21-13-17(23)16-8-4-5-9-18(16)26-2;/h4-5,8-9,15,17,21H,3,6-7,10-14H2,1-2H3;1H. The van der Waals surface area contributed by atoms with Crippen molar-refractivity contribution in [2.45, 2.75) is 32.2 Å². The minimum atomic E-state index is -0.102. The number of methoxy groups -OCH3 is 1. The summed E-state index contributed by atoms with van der Waals surface area (Å²) >= 11 is 0. The Morgan fingerprint density at radius 2 is 2.04 bits per heavy atom. The first kappa shape index (κ1) is 21.5. The van der Waals surface area contributed by atoms with Crippen LogP contribution in [-0.2, 0) is 9.59 Å². The number of hydrogen-bond donors (Lipinski definition) is 1. The Balaban J connectivity index is 0.00000261. The lowest BCUT2D eigenvalue weighted by molar-refractivity contribution is -0.143. The zero-order valence-corrected chi connectivity index (χ0v) is 17.0. The van der Waals surface area contributed by atoms with Crippen LogP contribution in [0.2, 0.25) is 0 Å². The summed E-state index contributed by atoms with van der Waals surface area (Å²) in [7, 11) is 1.66. The van der Waals surface area contributed by atoms with E-state index in [4.69, 9.17) is 4.74 Å². The molecule has 150 valence electrons. The fraction of sp³-hybridized carbons (Fsp3) is 0.600. The molecular formula is C20H30ClN3O3. The third-order valence-corrected chi connectivity index (χ3v) is 5.45. The van der Waals surface area contributed by atoms with Gasteiger partial charge < -0.3 is 19.9 Å². The Morgan fingerprint density at radius 1 is 1.26 bits per heavy atom. The van der Waals surface area contributed by atoms with Gasteiger partial charge in [0.1, 0.15) is 5.75 Å².